The van der Waals surface area contributed by atoms with Crippen LogP contribution in [0.1, 0.15) is 85.4 Å². The van der Waals surface area contributed by atoms with E-state index in [-0.39, 0.29) is 67.6 Å². The van der Waals surface area contributed by atoms with Gasteiger partial charge in [0.2, 0.25) is 15.9 Å². The fraction of sp³-hybridized carbons (Fsp3) is 0.415. The summed E-state index contributed by atoms with van der Waals surface area (Å²) in [6.45, 7) is 0.981. The smallest absolute Gasteiger partial charge is 0.293 e. The minimum atomic E-state index is -4.03. The lowest BCUT2D eigenvalue weighted by molar-refractivity contribution is -0.123. The van der Waals surface area contributed by atoms with Crippen LogP contribution in [-0.2, 0) is 51.3 Å². The zero-order valence-electron chi connectivity index (χ0n) is 33.5. The second-order valence-corrected chi connectivity index (χ2v) is 19.8. The molecule has 340 valence electrons. The Morgan fingerprint density at radius 1 is 1.03 bits per heavy atom. The second kappa shape index (κ2) is 16.7. The Bertz CT molecular complexity index is 2890. The molecule has 3 aromatic heterocycles. The molecule has 4 atom stereocenters. The van der Waals surface area contributed by atoms with E-state index >= 15 is 8.78 Å². The molecule has 0 saturated heterocycles. The Labute approximate surface area is 367 Å². The third-order valence-electron chi connectivity index (χ3n) is 11.1. The molecular weight excluding hydrogens is 922 g/mol. The van der Waals surface area contributed by atoms with Crippen LogP contribution >= 0.6 is 11.6 Å². The van der Waals surface area contributed by atoms with Crippen molar-refractivity contribution < 1.29 is 57.1 Å². The minimum absolute atomic E-state index is 0.0212. The van der Waals surface area contributed by atoms with Gasteiger partial charge in [-0.15, -0.1) is 0 Å². The van der Waals surface area contributed by atoms with Crippen molar-refractivity contribution in [3.63, 3.8) is 0 Å². The summed E-state index contributed by atoms with van der Waals surface area (Å²) in [5.74, 6) is -3.98. The second-order valence-electron chi connectivity index (χ2n) is 16.6. The van der Waals surface area contributed by atoms with Gasteiger partial charge in [0.15, 0.2) is 5.82 Å². The van der Waals surface area contributed by atoms with E-state index in [1.807, 2.05) is 0 Å². The maximum absolute atomic E-state index is 15.5. The van der Waals surface area contributed by atoms with E-state index in [0.717, 1.165) is 16.8 Å². The van der Waals surface area contributed by atoms with Crippen molar-refractivity contribution in [2.24, 2.45) is 11.3 Å². The van der Waals surface area contributed by atoms with Crippen LogP contribution in [0.25, 0.3) is 22.0 Å². The summed E-state index contributed by atoms with van der Waals surface area (Å²) in [6.07, 6.45) is -6.10. The monoisotopic (exact) mass is 956 g/mol. The van der Waals surface area contributed by atoms with Crippen molar-refractivity contribution in [1.29, 1.82) is 0 Å². The van der Waals surface area contributed by atoms with Gasteiger partial charge in [-0.25, -0.2) is 39.7 Å². The van der Waals surface area contributed by atoms with Gasteiger partial charge in [-0.05, 0) is 87.3 Å². The molecule has 12 nitrogen and oxygen atoms in total. The molecule has 5 aromatic rings. The number of nitrogens with one attached hydrogen (secondary N) is 2. The van der Waals surface area contributed by atoms with Gasteiger partial charge in [-0.1, -0.05) is 34.7 Å². The third kappa shape index (κ3) is 9.08. The molecule has 23 heteroatoms. The highest BCUT2D eigenvalue weighted by atomic mass is 35.5. The van der Waals surface area contributed by atoms with E-state index in [1.54, 1.807) is 0 Å². The van der Waals surface area contributed by atoms with Crippen molar-refractivity contribution in [3.05, 3.63) is 93.0 Å². The van der Waals surface area contributed by atoms with Crippen molar-refractivity contribution in [2.45, 2.75) is 88.6 Å². The summed E-state index contributed by atoms with van der Waals surface area (Å²) in [6, 6.07) is 6.42. The normalized spacial score (nSPS) is 18.7. The van der Waals surface area contributed by atoms with E-state index in [1.165, 1.54) is 38.1 Å². The third-order valence-corrected chi connectivity index (χ3v) is 14.2. The first-order chi connectivity index (χ1) is 30.0. The number of amides is 1. The van der Waals surface area contributed by atoms with Gasteiger partial charge >= 0.3 is 0 Å². The van der Waals surface area contributed by atoms with Gasteiger partial charge in [0.1, 0.15) is 41.8 Å². The number of alkyl halides is 6. The standard InChI is InChI=1S/C41H36ClF8N7O5S2/c1-40(2,18-63(59)60)10-9-22-3-6-24(25-7-8-28(42)33-36(25)56(16-30(45)46)54-39(33)55-64(61,62)23-4-5-23)34(51-22)29(13-19-11-20(43)14-21(44)12-19)52-31(58)17-57-37-32(35(53-57)38(47)48)26-15-27(26)41(37,49)50/h3,6-8,11-12,14,23,26-27,29-30,38H,4-5,13,15-18H2,1-2H3,(H,52,58)(H,54,55)(H,59,60)/p-1/t26?,27-,29+/m1/s1. The SMILES string of the molecule is CC(C)(C#Cc1ccc(-c2ccc(Cl)c3c(NS(=O)(=O)C4CC4)nn(CC(F)F)c23)c([C@H](Cc2cc(F)cc(F)c2)NC(=O)Cn2nc(C(F)F)c3c2C(F)(F)[C@@H]2CC32)n1)CS(=O)[O-]. The van der Waals surface area contributed by atoms with Gasteiger partial charge in [0.05, 0.1) is 32.9 Å². The lowest BCUT2D eigenvalue weighted by atomic mass is 9.93. The number of halogens is 9. The minimum Gasteiger partial charge on any atom is -0.772 e. The highest BCUT2D eigenvalue weighted by molar-refractivity contribution is 7.93. The first-order valence-corrected chi connectivity index (χ1v) is 22.8. The summed E-state index contributed by atoms with van der Waals surface area (Å²) in [5, 5.41) is 9.55. The molecule has 2 aromatic carbocycles. The summed E-state index contributed by atoms with van der Waals surface area (Å²) in [4.78, 5) is 18.8. The molecule has 0 radical (unpaired) electrons. The predicted molar refractivity (Wildman–Crippen MR) is 217 cm³/mol. The van der Waals surface area contributed by atoms with Crippen molar-refractivity contribution in [1.82, 2.24) is 29.9 Å². The van der Waals surface area contributed by atoms with Crippen molar-refractivity contribution >= 4 is 55.3 Å². The largest absolute Gasteiger partial charge is 0.772 e. The Morgan fingerprint density at radius 2 is 1.72 bits per heavy atom. The molecule has 3 aliphatic carbocycles. The molecule has 2 unspecified atom stereocenters. The summed E-state index contributed by atoms with van der Waals surface area (Å²) < 4.78 is 170. The van der Waals surface area contributed by atoms with Gasteiger partial charge in [0.25, 0.3) is 18.8 Å². The van der Waals surface area contributed by atoms with Crippen LogP contribution in [-0.4, -0.2) is 65.1 Å². The molecule has 0 aliphatic heterocycles. The molecule has 1 amide bonds. The number of sulfonamides is 1. The number of benzene rings is 2. The summed E-state index contributed by atoms with van der Waals surface area (Å²) in [5.41, 5.74) is -3.54. The maximum atomic E-state index is 15.5. The van der Waals surface area contributed by atoms with Gasteiger partial charge < -0.3 is 9.87 Å². The average molecular weight is 957 g/mol. The number of fused-ring (bicyclic) bond motifs is 4. The zero-order chi connectivity index (χ0) is 46.2. The highest BCUT2D eigenvalue weighted by Crippen LogP contribution is 2.68. The Balaban J connectivity index is 1.30. The topological polar surface area (TPSA) is 164 Å². The quantitative estimate of drug-likeness (QED) is 0.0608. The van der Waals surface area contributed by atoms with Crippen LogP contribution in [0.4, 0.5) is 40.9 Å². The van der Waals surface area contributed by atoms with Gasteiger partial charge in [-0.2, -0.15) is 19.0 Å². The molecule has 3 heterocycles. The van der Waals surface area contributed by atoms with E-state index in [2.05, 4.69) is 37.1 Å². The van der Waals surface area contributed by atoms with Gasteiger partial charge in [0, 0.05) is 39.8 Å². The highest BCUT2D eigenvalue weighted by Gasteiger charge is 2.67. The van der Waals surface area contributed by atoms with Crippen molar-refractivity contribution in [2.75, 3.05) is 10.5 Å². The molecule has 8 rings (SSSR count). The number of hydrogen-bond acceptors (Lipinski definition) is 8. The van der Waals surface area contributed by atoms with Crippen LogP contribution in [0.3, 0.4) is 0 Å². The van der Waals surface area contributed by atoms with E-state index in [4.69, 9.17) is 11.6 Å². The Kier molecular flexibility index (Phi) is 11.9. The molecule has 0 spiro atoms. The first kappa shape index (κ1) is 45.5. The van der Waals surface area contributed by atoms with Crippen LogP contribution in [0.5, 0.6) is 0 Å². The van der Waals surface area contributed by atoms with Crippen LogP contribution < -0.4 is 10.0 Å². The zero-order valence-corrected chi connectivity index (χ0v) is 35.8. The number of carbonyl (C=O) groups is 1. The van der Waals surface area contributed by atoms with E-state index in [9.17, 15) is 48.3 Å². The van der Waals surface area contributed by atoms with E-state index in [0.29, 0.717) is 23.6 Å². The average Bonchev–Trinajstić information content (AvgIpc) is 4.10. The van der Waals surface area contributed by atoms with Crippen LogP contribution in [0.15, 0.2) is 42.5 Å². The molecular formula is C41H35ClF8N7O5S2-. The summed E-state index contributed by atoms with van der Waals surface area (Å²) >= 11 is 4.12. The van der Waals surface area contributed by atoms with E-state index < -0.39 is 117 Å². The number of carbonyl (C=O) groups excluding carboxylic acids is 1. The predicted octanol–water partition coefficient (Wildman–Crippen LogP) is 7.90. The van der Waals surface area contributed by atoms with Crippen LogP contribution in [0.2, 0.25) is 5.02 Å². The summed E-state index contributed by atoms with van der Waals surface area (Å²) in [7, 11) is -4.03. The number of aromatic nitrogens is 5. The number of nitrogens with zero attached hydrogens (tertiary/aromatic N) is 5. The fourth-order valence-electron chi connectivity index (χ4n) is 8.16. The Hall–Kier alpha value is -5.11. The number of anilines is 1. The molecule has 2 saturated carbocycles. The molecule has 0 bridgehead atoms. The Morgan fingerprint density at radius 3 is 2.36 bits per heavy atom. The van der Waals surface area contributed by atoms with Gasteiger partial charge in [-0.3, -0.25) is 23.1 Å². The number of pyridine rings is 1. The van der Waals surface area contributed by atoms with Crippen LogP contribution in [0, 0.1) is 34.8 Å². The van der Waals surface area contributed by atoms with Crippen molar-refractivity contribution in [3.8, 4) is 23.0 Å². The molecule has 2 fully saturated rings. The lowest BCUT2D eigenvalue weighted by Gasteiger charge is -2.23. The number of rotatable bonds is 15. The number of hydrogen-bond donors (Lipinski definition) is 2. The molecule has 2 N–H and O–H groups in total. The first-order valence-electron chi connectivity index (χ1n) is 19.6. The molecule has 3 aliphatic rings. The lowest BCUT2D eigenvalue weighted by Crippen LogP contribution is -2.35. The molecule has 64 heavy (non-hydrogen) atoms. The maximum Gasteiger partial charge on any atom is 0.293 e. The fourth-order valence-corrected chi connectivity index (χ4v) is 10.4.